The first-order valence-electron chi connectivity index (χ1n) is 12.1. The summed E-state index contributed by atoms with van der Waals surface area (Å²) in [6.45, 7) is 16.0. The summed E-state index contributed by atoms with van der Waals surface area (Å²) in [4.78, 5) is 24.0. The monoisotopic (exact) mass is 453 g/mol. The molecule has 0 saturated heterocycles. The van der Waals surface area contributed by atoms with Gasteiger partial charge in [0.1, 0.15) is 0 Å². The number of benzene rings is 2. The molecule has 1 aliphatic heterocycles. The molecular formula is C28H43N3O2. The Hall–Kier alpha value is -2.92. The van der Waals surface area contributed by atoms with Crippen molar-refractivity contribution < 1.29 is 9.59 Å². The molecule has 3 N–H and O–H groups in total. The number of carbonyl (C=O) groups excluding carboxylic acids is 2. The van der Waals surface area contributed by atoms with Gasteiger partial charge in [-0.2, -0.15) is 0 Å². The van der Waals surface area contributed by atoms with Gasteiger partial charge in [-0.1, -0.05) is 71.7 Å². The van der Waals surface area contributed by atoms with Crippen LogP contribution in [0.3, 0.4) is 0 Å². The minimum atomic E-state index is -0.0587. The van der Waals surface area contributed by atoms with Crippen LogP contribution >= 0.6 is 0 Å². The van der Waals surface area contributed by atoms with Crippen molar-refractivity contribution in [1.82, 2.24) is 0 Å². The van der Waals surface area contributed by atoms with Gasteiger partial charge >= 0.3 is 0 Å². The number of hydrogen-bond donors (Lipinski definition) is 2. The molecule has 3 rings (SSSR count). The Morgan fingerprint density at radius 3 is 2.21 bits per heavy atom. The number of anilines is 2. The number of allylic oxidation sites excluding steroid dienone is 1. The smallest absolute Gasteiger partial charge is 0.223 e. The van der Waals surface area contributed by atoms with Crippen molar-refractivity contribution in [3.8, 4) is 11.1 Å². The number of hydrogen-bond acceptors (Lipinski definition) is 3. The van der Waals surface area contributed by atoms with Crippen LogP contribution < -0.4 is 16.0 Å². The molecule has 5 heteroatoms. The lowest BCUT2D eigenvalue weighted by molar-refractivity contribution is -0.116. The van der Waals surface area contributed by atoms with Gasteiger partial charge in [0, 0.05) is 30.9 Å². The molecule has 1 heterocycles. The molecule has 1 atom stereocenters. The fourth-order valence-electron chi connectivity index (χ4n) is 3.32. The Morgan fingerprint density at radius 1 is 1.12 bits per heavy atom. The van der Waals surface area contributed by atoms with E-state index < -0.39 is 0 Å². The van der Waals surface area contributed by atoms with Crippen LogP contribution in [0.5, 0.6) is 0 Å². The lowest BCUT2D eigenvalue weighted by Gasteiger charge is -2.32. The molecule has 0 radical (unpaired) electrons. The number of nitrogens with two attached hydrogens (primary N) is 1. The van der Waals surface area contributed by atoms with E-state index in [-0.39, 0.29) is 11.9 Å². The fraction of sp³-hybridized carbons (Fsp3) is 0.429. The van der Waals surface area contributed by atoms with E-state index in [0.29, 0.717) is 13.0 Å². The normalized spacial score (nSPS) is 13.4. The van der Waals surface area contributed by atoms with Crippen LogP contribution in [0.15, 0.2) is 55.1 Å². The lowest BCUT2D eigenvalue weighted by Crippen LogP contribution is -2.36. The third-order valence-electron chi connectivity index (χ3n) is 4.97. The van der Waals surface area contributed by atoms with Gasteiger partial charge in [-0.25, -0.2) is 0 Å². The topological polar surface area (TPSA) is 75.4 Å². The molecule has 0 spiro atoms. The van der Waals surface area contributed by atoms with E-state index in [4.69, 9.17) is 5.73 Å². The maximum Gasteiger partial charge on any atom is 0.223 e. The molecule has 182 valence electrons. The van der Waals surface area contributed by atoms with Crippen LogP contribution in [0, 0.1) is 0 Å². The number of nitrogens with zero attached hydrogens (tertiary/aromatic N) is 1. The Morgan fingerprint density at radius 2 is 1.73 bits per heavy atom. The van der Waals surface area contributed by atoms with Crippen LogP contribution in [0.25, 0.3) is 11.1 Å². The molecule has 1 unspecified atom stereocenters. The van der Waals surface area contributed by atoms with Crippen molar-refractivity contribution in [2.45, 2.75) is 73.3 Å². The summed E-state index contributed by atoms with van der Waals surface area (Å²) < 4.78 is 0. The highest BCUT2D eigenvalue weighted by molar-refractivity contribution is 5.93. The SMILES string of the molecule is C=CCCCC.CC.CC.CC(=O)N1CCC(N)c2cc(-c3ccc(NC=O)cc3)ccc21. The second kappa shape index (κ2) is 17.6. The van der Waals surface area contributed by atoms with E-state index in [1.165, 1.54) is 19.3 Å². The fourth-order valence-corrected chi connectivity index (χ4v) is 3.32. The Labute approximate surface area is 201 Å². The summed E-state index contributed by atoms with van der Waals surface area (Å²) in [7, 11) is 0. The number of amides is 2. The van der Waals surface area contributed by atoms with E-state index in [1.807, 2.05) is 70.2 Å². The van der Waals surface area contributed by atoms with Crippen molar-refractivity contribution in [1.29, 1.82) is 0 Å². The molecule has 0 fully saturated rings. The first kappa shape index (κ1) is 30.1. The van der Waals surface area contributed by atoms with Crippen molar-refractivity contribution in [3.05, 3.63) is 60.7 Å². The van der Waals surface area contributed by atoms with Crippen LogP contribution in [0.1, 0.15) is 78.8 Å². The summed E-state index contributed by atoms with van der Waals surface area (Å²) in [5.41, 5.74) is 11.0. The average molecular weight is 454 g/mol. The van der Waals surface area contributed by atoms with Gasteiger partial charge in [0.25, 0.3) is 0 Å². The van der Waals surface area contributed by atoms with Crippen LogP contribution in [-0.4, -0.2) is 18.9 Å². The summed E-state index contributed by atoms with van der Waals surface area (Å²) in [5.74, 6) is 0.0372. The van der Waals surface area contributed by atoms with Crippen LogP contribution in [0.2, 0.25) is 0 Å². The number of unbranched alkanes of at least 4 members (excludes halogenated alkanes) is 2. The molecule has 0 aromatic heterocycles. The van der Waals surface area contributed by atoms with Crippen molar-refractivity contribution in [2.24, 2.45) is 5.73 Å². The first-order chi connectivity index (χ1) is 16.0. The zero-order chi connectivity index (χ0) is 25.2. The summed E-state index contributed by atoms with van der Waals surface area (Å²) in [6, 6.07) is 13.6. The Balaban J connectivity index is 0.000000880. The van der Waals surface area contributed by atoms with Gasteiger partial charge in [0.15, 0.2) is 0 Å². The molecular weight excluding hydrogens is 410 g/mol. The average Bonchev–Trinajstić information content (AvgIpc) is 2.86. The number of fused-ring (bicyclic) bond motifs is 1. The maximum absolute atomic E-state index is 11.8. The van der Waals surface area contributed by atoms with Gasteiger partial charge in [-0.15, -0.1) is 6.58 Å². The molecule has 1 aliphatic rings. The van der Waals surface area contributed by atoms with Gasteiger partial charge < -0.3 is 16.0 Å². The van der Waals surface area contributed by atoms with E-state index in [9.17, 15) is 9.59 Å². The molecule has 0 bridgehead atoms. The van der Waals surface area contributed by atoms with Crippen molar-refractivity contribution >= 4 is 23.7 Å². The van der Waals surface area contributed by atoms with E-state index in [1.54, 1.807) is 11.8 Å². The van der Waals surface area contributed by atoms with E-state index >= 15 is 0 Å². The highest BCUT2D eigenvalue weighted by Crippen LogP contribution is 2.36. The van der Waals surface area contributed by atoms with Gasteiger partial charge in [0.05, 0.1) is 0 Å². The second-order valence-electron chi connectivity index (χ2n) is 7.11. The van der Waals surface area contributed by atoms with Crippen molar-refractivity contribution in [3.63, 3.8) is 0 Å². The molecule has 5 nitrogen and oxygen atoms in total. The van der Waals surface area contributed by atoms with Gasteiger partial charge in [-0.3, -0.25) is 9.59 Å². The highest BCUT2D eigenvalue weighted by atomic mass is 16.2. The molecule has 2 aromatic carbocycles. The van der Waals surface area contributed by atoms with E-state index in [0.717, 1.165) is 34.5 Å². The molecule has 2 aromatic rings. The number of nitrogens with one attached hydrogen (secondary N) is 1. The van der Waals surface area contributed by atoms with Gasteiger partial charge in [-0.05, 0) is 53.8 Å². The van der Waals surface area contributed by atoms with Gasteiger partial charge in [0.2, 0.25) is 12.3 Å². The predicted molar refractivity (Wildman–Crippen MR) is 144 cm³/mol. The quantitative estimate of drug-likeness (QED) is 0.278. The number of carbonyl (C=O) groups is 2. The minimum Gasteiger partial charge on any atom is -0.329 e. The first-order valence-corrected chi connectivity index (χ1v) is 12.1. The third kappa shape index (κ3) is 9.62. The Kier molecular flexibility index (Phi) is 16.1. The Bertz CT molecular complexity index is 832. The maximum atomic E-state index is 11.8. The predicted octanol–water partition coefficient (Wildman–Crippen LogP) is 7.09. The molecule has 2 amide bonds. The molecule has 33 heavy (non-hydrogen) atoms. The summed E-state index contributed by atoms with van der Waals surface area (Å²) in [5, 5.41) is 2.62. The van der Waals surface area contributed by atoms with E-state index in [2.05, 4.69) is 24.9 Å². The van der Waals surface area contributed by atoms with Crippen LogP contribution in [-0.2, 0) is 9.59 Å². The molecule has 0 saturated carbocycles. The lowest BCUT2D eigenvalue weighted by atomic mass is 9.93. The molecule has 0 aliphatic carbocycles. The minimum absolute atomic E-state index is 0.0372. The second-order valence-corrected chi connectivity index (χ2v) is 7.11. The zero-order valence-corrected chi connectivity index (χ0v) is 21.4. The third-order valence-corrected chi connectivity index (χ3v) is 4.97. The van der Waals surface area contributed by atoms with Crippen molar-refractivity contribution in [2.75, 3.05) is 16.8 Å². The summed E-state index contributed by atoms with van der Waals surface area (Å²) >= 11 is 0. The standard InChI is InChI=1S/C18H19N3O2.C6H12.2C2H6/c1-12(23)21-9-8-17(19)16-10-14(4-7-18(16)21)13-2-5-15(6-3-13)20-11-22;1-3-5-6-4-2;2*1-2/h2-7,10-11,17H,8-9,19H2,1H3,(H,20,22);3H,1,4-6H2,2H3;2*1-2H3. The highest BCUT2D eigenvalue weighted by Gasteiger charge is 2.25. The summed E-state index contributed by atoms with van der Waals surface area (Å²) in [6.07, 6.45) is 7.14. The number of rotatable bonds is 6. The largest absolute Gasteiger partial charge is 0.329 e. The zero-order valence-electron chi connectivity index (χ0n) is 21.4. The van der Waals surface area contributed by atoms with Crippen LogP contribution in [0.4, 0.5) is 11.4 Å².